The number of carbonyl (C=O) groups excluding carboxylic acids is 2. The van der Waals surface area contributed by atoms with E-state index in [4.69, 9.17) is 18.9 Å². The quantitative estimate of drug-likeness (QED) is 0.296. The van der Waals surface area contributed by atoms with Crippen LogP contribution in [0.4, 0.5) is 0 Å². The normalized spacial score (nSPS) is 19.8. The molecule has 2 aromatic rings. The number of aliphatic hydroxyl groups excluding tert-OH is 1. The van der Waals surface area contributed by atoms with Gasteiger partial charge in [-0.25, -0.2) is 0 Å². The summed E-state index contributed by atoms with van der Waals surface area (Å²) in [5, 5.41) is 11.3. The minimum atomic E-state index is -0.781. The summed E-state index contributed by atoms with van der Waals surface area (Å²) in [5.74, 6) is 0.0771. The van der Waals surface area contributed by atoms with Crippen LogP contribution in [-0.4, -0.2) is 86.8 Å². The molecular formula is C28H34N2O7. The van der Waals surface area contributed by atoms with Crippen LogP contribution in [0.3, 0.4) is 0 Å². The van der Waals surface area contributed by atoms with Crippen LogP contribution in [0, 0.1) is 0 Å². The first-order chi connectivity index (χ1) is 18.0. The highest BCUT2D eigenvalue weighted by Gasteiger charge is 2.46. The third kappa shape index (κ3) is 5.73. The number of likely N-dealkylation sites (tertiary alicyclic amines) is 1. The molecule has 2 aliphatic heterocycles. The van der Waals surface area contributed by atoms with Gasteiger partial charge in [0.2, 0.25) is 0 Å². The first kappa shape index (κ1) is 26.5. The van der Waals surface area contributed by atoms with E-state index in [1.165, 1.54) is 12.0 Å². The van der Waals surface area contributed by atoms with Gasteiger partial charge in [-0.3, -0.25) is 14.5 Å². The Labute approximate surface area is 217 Å². The number of methoxy groups -OCH3 is 2. The van der Waals surface area contributed by atoms with Gasteiger partial charge in [0.15, 0.2) is 11.5 Å². The summed E-state index contributed by atoms with van der Waals surface area (Å²) in [4.78, 5) is 30.3. The van der Waals surface area contributed by atoms with E-state index in [0.29, 0.717) is 61.3 Å². The second-order valence-electron chi connectivity index (χ2n) is 8.93. The molecule has 9 nitrogen and oxygen atoms in total. The summed E-state index contributed by atoms with van der Waals surface area (Å²) in [5.41, 5.74) is 1.12. The maximum atomic E-state index is 13.3. The molecule has 37 heavy (non-hydrogen) atoms. The molecule has 198 valence electrons. The van der Waals surface area contributed by atoms with Crippen molar-refractivity contribution in [2.45, 2.75) is 19.4 Å². The molecule has 2 saturated heterocycles. The lowest BCUT2D eigenvalue weighted by Gasteiger charge is -2.31. The second-order valence-corrected chi connectivity index (χ2v) is 8.93. The number of ether oxygens (including phenoxy) is 4. The molecule has 0 spiro atoms. The third-order valence-electron chi connectivity index (χ3n) is 6.62. The van der Waals surface area contributed by atoms with Crippen molar-refractivity contribution in [3.05, 3.63) is 59.2 Å². The van der Waals surface area contributed by atoms with Crippen LogP contribution >= 0.6 is 0 Å². The topological polar surface area (TPSA) is 97.8 Å². The summed E-state index contributed by atoms with van der Waals surface area (Å²) in [6, 6.07) is 11.3. The highest BCUT2D eigenvalue weighted by molar-refractivity contribution is 6.46. The average Bonchev–Trinajstić information content (AvgIpc) is 3.20. The van der Waals surface area contributed by atoms with Gasteiger partial charge in [-0.1, -0.05) is 13.0 Å². The van der Waals surface area contributed by atoms with Crippen LogP contribution in [0.25, 0.3) is 5.76 Å². The van der Waals surface area contributed by atoms with Crippen LogP contribution in [0.2, 0.25) is 0 Å². The molecule has 2 fully saturated rings. The molecule has 0 aromatic heterocycles. The van der Waals surface area contributed by atoms with Gasteiger partial charge in [-0.05, 0) is 48.4 Å². The van der Waals surface area contributed by atoms with Gasteiger partial charge in [0, 0.05) is 31.7 Å². The summed E-state index contributed by atoms with van der Waals surface area (Å²) >= 11 is 0. The number of morpholine rings is 1. The van der Waals surface area contributed by atoms with E-state index in [-0.39, 0.29) is 11.3 Å². The average molecular weight is 511 g/mol. The Balaban J connectivity index is 1.73. The highest BCUT2D eigenvalue weighted by atomic mass is 16.5. The third-order valence-corrected chi connectivity index (χ3v) is 6.62. The van der Waals surface area contributed by atoms with Crippen LogP contribution in [0.15, 0.2) is 48.0 Å². The summed E-state index contributed by atoms with van der Waals surface area (Å²) < 4.78 is 21.9. The molecule has 9 heteroatoms. The number of ketones is 1. The maximum absolute atomic E-state index is 13.3. The predicted molar refractivity (Wildman–Crippen MR) is 138 cm³/mol. The second kappa shape index (κ2) is 12.1. The van der Waals surface area contributed by atoms with E-state index in [2.05, 4.69) is 4.90 Å². The van der Waals surface area contributed by atoms with Crippen LogP contribution < -0.4 is 14.2 Å². The van der Waals surface area contributed by atoms with Crippen molar-refractivity contribution < 1.29 is 33.6 Å². The fraction of sp³-hybridized carbons (Fsp3) is 0.429. The molecule has 4 rings (SSSR count). The Morgan fingerprint density at radius 3 is 2.35 bits per heavy atom. The Kier molecular flexibility index (Phi) is 8.68. The molecule has 1 N–H and O–H groups in total. The van der Waals surface area contributed by atoms with E-state index in [0.717, 1.165) is 19.5 Å². The monoisotopic (exact) mass is 510 g/mol. The maximum Gasteiger partial charge on any atom is 0.295 e. The molecule has 0 aliphatic carbocycles. The molecular weight excluding hydrogens is 476 g/mol. The van der Waals surface area contributed by atoms with Gasteiger partial charge >= 0.3 is 0 Å². The Morgan fingerprint density at radius 2 is 1.70 bits per heavy atom. The number of hydrogen-bond acceptors (Lipinski definition) is 8. The predicted octanol–water partition coefficient (Wildman–Crippen LogP) is 3.25. The molecule has 2 heterocycles. The zero-order valence-electron chi connectivity index (χ0n) is 21.6. The molecule has 1 amide bonds. The molecule has 1 atom stereocenters. The van der Waals surface area contributed by atoms with Crippen molar-refractivity contribution in [2.24, 2.45) is 0 Å². The summed E-state index contributed by atoms with van der Waals surface area (Å²) in [6.45, 7) is 6.31. The Bertz CT molecular complexity index is 1140. The van der Waals surface area contributed by atoms with E-state index in [1.54, 1.807) is 49.6 Å². The van der Waals surface area contributed by atoms with Gasteiger partial charge in [0.1, 0.15) is 11.5 Å². The van der Waals surface area contributed by atoms with E-state index in [1.807, 2.05) is 6.92 Å². The number of carbonyl (C=O) groups is 2. The number of hydrogen-bond donors (Lipinski definition) is 1. The Morgan fingerprint density at radius 1 is 1.00 bits per heavy atom. The minimum absolute atomic E-state index is 0.0430. The number of rotatable bonds is 10. The first-order valence-electron chi connectivity index (χ1n) is 12.5. The van der Waals surface area contributed by atoms with Gasteiger partial charge < -0.3 is 29.0 Å². The summed E-state index contributed by atoms with van der Waals surface area (Å²) in [7, 11) is 3.07. The fourth-order valence-corrected chi connectivity index (χ4v) is 4.64. The van der Waals surface area contributed by atoms with Crippen molar-refractivity contribution in [3.8, 4) is 17.2 Å². The van der Waals surface area contributed by atoms with E-state index in [9.17, 15) is 14.7 Å². The highest BCUT2D eigenvalue weighted by Crippen LogP contribution is 2.42. The smallest absolute Gasteiger partial charge is 0.295 e. The number of Topliss-reactive ketones (excluding diaryl/α,β-unsaturated/α-hetero) is 1. The number of benzene rings is 2. The molecule has 0 unspecified atom stereocenters. The SMILES string of the molecule is CCCOc1ccc(/C(O)=C2\C(=O)C(=O)N(CCN3CCOCC3)[C@H]2c2ccc(OC)c(OC)c2)cc1. The zero-order chi connectivity index (χ0) is 26.4. The summed E-state index contributed by atoms with van der Waals surface area (Å²) in [6.07, 6.45) is 0.876. The number of amides is 1. The fourth-order valence-electron chi connectivity index (χ4n) is 4.64. The lowest BCUT2D eigenvalue weighted by atomic mass is 9.95. The lowest BCUT2D eigenvalue weighted by Crippen LogP contribution is -2.42. The van der Waals surface area contributed by atoms with E-state index >= 15 is 0 Å². The van der Waals surface area contributed by atoms with Gasteiger partial charge in [-0.2, -0.15) is 0 Å². The number of nitrogens with zero attached hydrogens (tertiary/aromatic N) is 2. The Hall–Kier alpha value is -3.56. The van der Waals surface area contributed by atoms with Gasteiger partial charge in [0.05, 0.1) is 45.7 Å². The van der Waals surface area contributed by atoms with Gasteiger partial charge in [0.25, 0.3) is 11.7 Å². The molecule has 0 radical (unpaired) electrons. The van der Waals surface area contributed by atoms with Crippen molar-refractivity contribution in [2.75, 3.05) is 60.2 Å². The molecule has 2 aliphatic rings. The zero-order valence-corrected chi connectivity index (χ0v) is 21.6. The minimum Gasteiger partial charge on any atom is -0.507 e. The van der Waals surface area contributed by atoms with Crippen LogP contribution in [-0.2, 0) is 14.3 Å². The standard InChI is InChI=1S/C28H34N2O7/c1-4-15-37-21-8-5-19(6-9-21)26(31)24-25(20-7-10-22(34-2)23(18-20)35-3)30(28(33)27(24)32)12-11-29-13-16-36-17-14-29/h5-10,18,25,31H,4,11-17H2,1-3H3/b26-24+/t25-/m0/s1. The molecule has 2 aromatic carbocycles. The lowest BCUT2D eigenvalue weighted by molar-refractivity contribution is -0.140. The largest absolute Gasteiger partial charge is 0.507 e. The van der Waals surface area contributed by atoms with Gasteiger partial charge in [-0.15, -0.1) is 0 Å². The van der Waals surface area contributed by atoms with Crippen molar-refractivity contribution in [1.82, 2.24) is 9.80 Å². The molecule has 0 saturated carbocycles. The number of aliphatic hydroxyl groups is 1. The van der Waals surface area contributed by atoms with Crippen molar-refractivity contribution >= 4 is 17.4 Å². The van der Waals surface area contributed by atoms with Crippen LogP contribution in [0.1, 0.15) is 30.5 Å². The van der Waals surface area contributed by atoms with Crippen molar-refractivity contribution in [3.63, 3.8) is 0 Å². The van der Waals surface area contributed by atoms with Crippen LogP contribution in [0.5, 0.6) is 17.2 Å². The first-order valence-corrected chi connectivity index (χ1v) is 12.5. The van der Waals surface area contributed by atoms with Crippen molar-refractivity contribution in [1.29, 1.82) is 0 Å². The molecule has 0 bridgehead atoms. The van der Waals surface area contributed by atoms with E-state index < -0.39 is 17.7 Å².